The van der Waals surface area contributed by atoms with Gasteiger partial charge in [-0.25, -0.2) is 0 Å². The van der Waals surface area contributed by atoms with Crippen LogP contribution in [0.2, 0.25) is 0 Å². The summed E-state index contributed by atoms with van der Waals surface area (Å²) in [6, 6.07) is 5.04. The Bertz CT molecular complexity index is 367. The third-order valence-corrected chi connectivity index (χ3v) is 3.72. The number of hydrogen-bond acceptors (Lipinski definition) is 3. The number of pyridine rings is 1. The van der Waals surface area contributed by atoms with Crippen molar-refractivity contribution in [3.63, 3.8) is 0 Å². The van der Waals surface area contributed by atoms with E-state index in [0.29, 0.717) is 0 Å². The van der Waals surface area contributed by atoms with E-state index in [4.69, 9.17) is 0 Å². The van der Waals surface area contributed by atoms with Crippen LogP contribution in [0.1, 0.15) is 36.9 Å². The van der Waals surface area contributed by atoms with E-state index in [-0.39, 0.29) is 0 Å². The molecular weight excluding hydrogens is 210 g/mol. The molecule has 1 N–H and O–H groups in total. The fourth-order valence-electron chi connectivity index (χ4n) is 2.47. The van der Waals surface area contributed by atoms with Crippen LogP contribution >= 0.6 is 0 Å². The molecule has 1 aromatic heterocycles. The van der Waals surface area contributed by atoms with Crippen LogP contribution in [0.15, 0.2) is 18.3 Å². The molecule has 0 amide bonds. The van der Waals surface area contributed by atoms with Crippen molar-refractivity contribution in [3.05, 3.63) is 29.6 Å². The van der Waals surface area contributed by atoms with Gasteiger partial charge in [-0.15, -0.1) is 0 Å². The standard InChI is InChI=1S/C14H21N3/c1-2-9-17(8-1)11-14-12(4-3-7-15-14)10-16-13-5-6-13/h3-4,7,13,16H,1-2,5-6,8-11H2. The zero-order chi connectivity index (χ0) is 11.5. The molecule has 0 radical (unpaired) electrons. The molecule has 1 saturated carbocycles. The molecule has 3 heteroatoms. The van der Waals surface area contributed by atoms with Gasteiger partial charge in [0.1, 0.15) is 0 Å². The second-order valence-electron chi connectivity index (χ2n) is 5.25. The van der Waals surface area contributed by atoms with Crippen LogP contribution in [0.3, 0.4) is 0 Å². The van der Waals surface area contributed by atoms with Crippen LogP contribution < -0.4 is 5.32 Å². The Balaban J connectivity index is 1.63. The van der Waals surface area contributed by atoms with Crippen molar-refractivity contribution in [2.45, 2.75) is 44.8 Å². The molecule has 1 saturated heterocycles. The Kier molecular flexibility index (Phi) is 3.39. The summed E-state index contributed by atoms with van der Waals surface area (Å²) in [5, 5.41) is 3.58. The molecule has 1 aromatic rings. The molecule has 3 rings (SSSR count). The van der Waals surface area contributed by atoms with Gasteiger partial charge in [-0.1, -0.05) is 6.07 Å². The highest BCUT2D eigenvalue weighted by molar-refractivity contribution is 5.20. The van der Waals surface area contributed by atoms with Crippen LogP contribution in [-0.2, 0) is 13.1 Å². The summed E-state index contributed by atoms with van der Waals surface area (Å²) >= 11 is 0. The van der Waals surface area contributed by atoms with E-state index in [2.05, 4.69) is 27.3 Å². The minimum Gasteiger partial charge on any atom is -0.310 e. The first kappa shape index (κ1) is 11.2. The lowest BCUT2D eigenvalue weighted by atomic mass is 10.2. The molecule has 0 atom stereocenters. The van der Waals surface area contributed by atoms with Gasteiger partial charge in [0, 0.05) is 25.3 Å². The fourth-order valence-corrected chi connectivity index (χ4v) is 2.47. The van der Waals surface area contributed by atoms with Gasteiger partial charge in [-0.3, -0.25) is 9.88 Å². The molecule has 17 heavy (non-hydrogen) atoms. The summed E-state index contributed by atoms with van der Waals surface area (Å²) in [6.45, 7) is 4.50. The fraction of sp³-hybridized carbons (Fsp3) is 0.643. The summed E-state index contributed by atoms with van der Waals surface area (Å²) in [4.78, 5) is 7.08. The molecule has 0 unspecified atom stereocenters. The lowest BCUT2D eigenvalue weighted by Crippen LogP contribution is -2.22. The average molecular weight is 231 g/mol. The maximum absolute atomic E-state index is 4.56. The van der Waals surface area contributed by atoms with Gasteiger partial charge < -0.3 is 5.32 Å². The van der Waals surface area contributed by atoms with Crippen molar-refractivity contribution in [1.29, 1.82) is 0 Å². The summed E-state index contributed by atoms with van der Waals surface area (Å²) in [5.41, 5.74) is 2.65. The molecule has 1 aliphatic carbocycles. The predicted octanol–water partition coefficient (Wildman–Crippen LogP) is 1.93. The Labute approximate surface area is 103 Å². The van der Waals surface area contributed by atoms with Gasteiger partial charge in [0.15, 0.2) is 0 Å². The SMILES string of the molecule is c1cnc(CN2CCCC2)c(CNC2CC2)c1. The van der Waals surface area contributed by atoms with Gasteiger partial charge in [0.25, 0.3) is 0 Å². The average Bonchev–Trinajstić information content (AvgIpc) is 3.05. The number of aromatic nitrogens is 1. The lowest BCUT2D eigenvalue weighted by molar-refractivity contribution is 0.325. The topological polar surface area (TPSA) is 28.2 Å². The molecule has 1 aliphatic heterocycles. The van der Waals surface area contributed by atoms with Crippen LogP contribution in [0.25, 0.3) is 0 Å². The van der Waals surface area contributed by atoms with E-state index in [9.17, 15) is 0 Å². The zero-order valence-corrected chi connectivity index (χ0v) is 10.4. The molecule has 2 heterocycles. The summed E-state index contributed by atoms with van der Waals surface area (Å²) in [5.74, 6) is 0. The molecule has 2 fully saturated rings. The van der Waals surface area contributed by atoms with Crippen molar-refractivity contribution in [3.8, 4) is 0 Å². The molecule has 92 valence electrons. The van der Waals surface area contributed by atoms with Crippen LogP contribution in [0.4, 0.5) is 0 Å². The first-order chi connectivity index (χ1) is 8.42. The van der Waals surface area contributed by atoms with E-state index < -0.39 is 0 Å². The molecule has 2 aliphatic rings. The van der Waals surface area contributed by atoms with Gasteiger partial charge in [-0.05, 0) is 50.4 Å². The van der Waals surface area contributed by atoms with E-state index in [1.807, 2.05) is 6.20 Å². The van der Waals surface area contributed by atoms with Crippen LogP contribution in [-0.4, -0.2) is 29.0 Å². The van der Waals surface area contributed by atoms with Gasteiger partial charge in [0.2, 0.25) is 0 Å². The van der Waals surface area contributed by atoms with Crippen LogP contribution in [0, 0.1) is 0 Å². The zero-order valence-electron chi connectivity index (χ0n) is 10.4. The third kappa shape index (κ3) is 3.05. The Hall–Kier alpha value is -0.930. The van der Waals surface area contributed by atoms with Crippen molar-refractivity contribution in [1.82, 2.24) is 15.2 Å². The highest BCUT2D eigenvalue weighted by atomic mass is 15.1. The third-order valence-electron chi connectivity index (χ3n) is 3.72. The molecule has 0 aromatic carbocycles. The smallest absolute Gasteiger partial charge is 0.0588 e. The number of likely N-dealkylation sites (tertiary alicyclic amines) is 1. The lowest BCUT2D eigenvalue weighted by Gasteiger charge is -2.16. The summed E-state index contributed by atoms with van der Waals surface area (Å²) in [7, 11) is 0. The second kappa shape index (κ2) is 5.15. The Morgan fingerprint density at radius 2 is 2.12 bits per heavy atom. The highest BCUT2D eigenvalue weighted by Gasteiger charge is 2.21. The quantitative estimate of drug-likeness (QED) is 0.839. The number of nitrogens with zero attached hydrogens (tertiary/aromatic N) is 2. The molecular formula is C14H21N3. The van der Waals surface area contributed by atoms with Crippen molar-refractivity contribution in [2.24, 2.45) is 0 Å². The van der Waals surface area contributed by atoms with Crippen molar-refractivity contribution < 1.29 is 0 Å². The Morgan fingerprint density at radius 3 is 2.88 bits per heavy atom. The largest absolute Gasteiger partial charge is 0.310 e. The maximum atomic E-state index is 4.56. The minimum absolute atomic E-state index is 0.773. The number of nitrogens with one attached hydrogen (secondary N) is 1. The monoisotopic (exact) mass is 231 g/mol. The predicted molar refractivity (Wildman–Crippen MR) is 68.6 cm³/mol. The van der Waals surface area contributed by atoms with Gasteiger partial charge in [-0.2, -0.15) is 0 Å². The van der Waals surface area contributed by atoms with Gasteiger partial charge in [0.05, 0.1) is 5.69 Å². The highest BCUT2D eigenvalue weighted by Crippen LogP contribution is 2.20. The van der Waals surface area contributed by atoms with Crippen LogP contribution in [0.5, 0.6) is 0 Å². The number of rotatable bonds is 5. The van der Waals surface area contributed by atoms with Gasteiger partial charge >= 0.3 is 0 Å². The summed E-state index contributed by atoms with van der Waals surface area (Å²) < 4.78 is 0. The maximum Gasteiger partial charge on any atom is 0.0588 e. The minimum atomic E-state index is 0.773. The summed E-state index contributed by atoms with van der Waals surface area (Å²) in [6.07, 6.45) is 7.32. The van der Waals surface area contributed by atoms with Crippen molar-refractivity contribution >= 4 is 0 Å². The van der Waals surface area contributed by atoms with E-state index in [0.717, 1.165) is 19.1 Å². The second-order valence-corrected chi connectivity index (χ2v) is 5.25. The van der Waals surface area contributed by atoms with E-state index >= 15 is 0 Å². The normalized spacial score (nSPS) is 20.9. The van der Waals surface area contributed by atoms with E-state index in [1.165, 1.54) is 50.0 Å². The number of hydrogen-bond donors (Lipinski definition) is 1. The first-order valence-electron chi connectivity index (χ1n) is 6.80. The molecule has 3 nitrogen and oxygen atoms in total. The molecule has 0 spiro atoms. The van der Waals surface area contributed by atoms with Crippen molar-refractivity contribution in [2.75, 3.05) is 13.1 Å². The molecule has 0 bridgehead atoms. The first-order valence-corrected chi connectivity index (χ1v) is 6.80. The Morgan fingerprint density at radius 1 is 1.29 bits per heavy atom. The van der Waals surface area contributed by atoms with E-state index in [1.54, 1.807) is 0 Å².